The Morgan fingerprint density at radius 2 is 2.08 bits per heavy atom. The molecule has 5 nitrogen and oxygen atoms in total. The van der Waals surface area contributed by atoms with Gasteiger partial charge in [-0.05, 0) is 37.0 Å². The molecule has 0 aliphatic carbocycles. The van der Waals surface area contributed by atoms with Gasteiger partial charge in [0, 0.05) is 31.5 Å². The third-order valence-corrected chi connectivity index (χ3v) is 5.06. The highest BCUT2D eigenvalue weighted by molar-refractivity contribution is 7.98. The molecule has 0 atom stereocenters. The van der Waals surface area contributed by atoms with Crippen LogP contribution in [0.15, 0.2) is 24.4 Å². The van der Waals surface area contributed by atoms with Gasteiger partial charge in [0.05, 0.1) is 30.4 Å². The molecule has 0 amide bonds. The first kappa shape index (κ1) is 19.0. The fraction of sp³-hybridized carbons (Fsp3) is 0.500. The van der Waals surface area contributed by atoms with E-state index in [-0.39, 0.29) is 0 Å². The molecular formula is C20H27N3O2S. The van der Waals surface area contributed by atoms with Crippen molar-refractivity contribution in [1.29, 1.82) is 0 Å². The summed E-state index contributed by atoms with van der Waals surface area (Å²) in [7, 11) is 1.73. The van der Waals surface area contributed by atoms with E-state index in [4.69, 9.17) is 14.5 Å². The summed E-state index contributed by atoms with van der Waals surface area (Å²) in [6.45, 7) is 4.55. The fourth-order valence-electron chi connectivity index (χ4n) is 3.17. The van der Waals surface area contributed by atoms with Gasteiger partial charge in [-0.15, -0.1) is 0 Å². The van der Waals surface area contributed by atoms with Gasteiger partial charge in [-0.3, -0.25) is 4.98 Å². The molecule has 0 fully saturated rings. The van der Waals surface area contributed by atoms with E-state index in [1.54, 1.807) is 7.11 Å². The SMILES string of the molecule is CCCn1c(CCOC)nc2cnc3cc(OCCCSC)ccc3c21. The smallest absolute Gasteiger partial charge is 0.121 e. The topological polar surface area (TPSA) is 49.2 Å². The minimum absolute atomic E-state index is 0.673. The van der Waals surface area contributed by atoms with Crippen LogP contribution in [0, 0.1) is 0 Å². The van der Waals surface area contributed by atoms with E-state index < -0.39 is 0 Å². The van der Waals surface area contributed by atoms with Gasteiger partial charge in [-0.25, -0.2) is 4.98 Å². The number of hydrogen-bond acceptors (Lipinski definition) is 5. The maximum absolute atomic E-state index is 5.87. The molecule has 3 rings (SSSR count). The standard InChI is InChI=1S/C20H27N3O2S/c1-4-9-23-19(8-11-24-2)22-18-14-21-17-13-15(25-10-5-12-26-3)6-7-16(17)20(18)23/h6-7,13-14H,4-5,8-12H2,1-3H3. The van der Waals surface area contributed by atoms with Gasteiger partial charge >= 0.3 is 0 Å². The van der Waals surface area contributed by atoms with Crippen molar-refractivity contribution in [3.8, 4) is 5.75 Å². The zero-order chi connectivity index (χ0) is 18.4. The predicted molar refractivity (Wildman–Crippen MR) is 109 cm³/mol. The monoisotopic (exact) mass is 373 g/mol. The number of nitrogens with zero attached hydrogens (tertiary/aromatic N) is 3. The summed E-state index contributed by atoms with van der Waals surface area (Å²) in [5.41, 5.74) is 3.07. The van der Waals surface area contributed by atoms with Gasteiger partial charge in [-0.1, -0.05) is 6.92 Å². The van der Waals surface area contributed by atoms with Gasteiger partial charge in [0.25, 0.3) is 0 Å². The predicted octanol–water partition coefficient (Wildman–Crippen LogP) is 4.32. The molecule has 0 radical (unpaired) electrons. The van der Waals surface area contributed by atoms with Crippen molar-refractivity contribution in [3.63, 3.8) is 0 Å². The molecule has 0 saturated carbocycles. The Labute approximate surface area is 159 Å². The molecule has 0 N–H and O–H groups in total. The number of aryl methyl sites for hydroxylation is 1. The molecule has 0 saturated heterocycles. The minimum Gasteiger partial charge on any atom is -0.493 e. The van der Waals surface area contributed by atoms with Crippen molar-refractivity contribution in [1.82, 2.24) is 14.5 Å². The van der Waals surface area contributed by atoms with Crippen LogP contribution in [0.1, 0.15) is 25.6 Å². The summed E-state index contributed by atoms with van der Waals surface area (Å²) in [5, 5.41) is 1.13. The van der Waals surface area contributed by atoms with E-state index in [2.05, 4.69) is 28.8 Å². The Bertz CT molecular complexity index is 863. The minimum atomic E-state index is 0.673. The van der Waals surface area contributed by atoms with Crippen molar-refractivity contribution >= 4 is 33.7 Å². The van der Waals surface area contributed by atoms with Gasteiger partial charge in [0.1, 0.15) is 17.1 Å². The Morgan fingerprint density at radius 3 is 2.85 bits per heavy atom. The number of thioether (sulfide) groups is 1. The van der Waals surface area contributed by atoms with Gasteiger partial charge < -0.3 is 14.0 Å². The van der Waals surface area contributed by atoms with E-state index in [9.17, 15) is 0 Å². The number of fused-ring (bicyclic) bond motifs is 3. The third-order valence-electron chi connectivity index (χ3n) is 4.36. The molecule has 0 aliphatic heterocycles. The van der Waals surface area contributed by atoms with E-state index in [1.807, 2.05) is 30.1 Å². The lowest BCUT2D eigenvalue weighted by Crippen LogP contribution is -2.06. The van der Waals surface area contributed by atoms with Crippen LogP contribution in [0.4, 0.5) is 0 Å². The molecule has 140 valence electrons. The Kier molecular flexibility index (Phi) is 6.74. The van der Waals surface area contributed by atoms with Crippen molar-refractivity contribution < 1.29 is 9.47 Å². The molecule has 2 aromatic heterocycles. The first-order valence-corrected chi connectivity index (χ1v) is 10.6. The van der Waals surface area contributed by atoms with Crippen LogP contribution in [0.25, 0.3) is 21.9 Å². The quantitative estimate of drug-likeness (QED) is 0.496. The highest BCUT2D eigenvalue weighted by atomic mass is 32.2. The van der Waals surface area contributed by atoms with Crippen LogP contribution in [0.2, 0.25) is 0 Å². The lowest BCUT2D eigenvalue weighted by molar-refractivity contribution is 0.199. The summed E-state index contributed by atoms with van der Waals surface area (Å²) in [6.07, 6.45) is 6.91. The van der Waals surface area contributed by atoms with E-state index in [0.29, 0.717) is 6.61 Å². The molecule has 2 heterocycles. The summed E-state index contributed by atoms with van der Waals surface area (Å²) >= 11 is 1.84. The Balaban J connectivity index is 1.97. The molecule has 26 heavy (non-hydrogen) atoms. The highest BCUT2D eigenvalue weighted by Crippen LogP contribution is 2.28. The first-order valence-electron chi connectivity index (χ1n) is 9.17. The molecule has 0 bridgehead atoms. The molecular weight excluding hydrogens is 346 g/mol. The zero-order valence-electron chi connectivity index (χ0n) is 15.8. The van der Waals surface area contributed by atoms with Crippen molar-refractivity contribution in [3.05, 3.63) is 30.2 Å². The van der Waals surface area contributed by atoms with Crippen LogP contribution < -0.4 is 4.74 Å². The van der Waals surface area contributed by atoms with E-state index >= 15 is 0 Å². The van der Waals surface area contributed by atoms with Gasteiger partial charge in [0.15, 0.2) is 0 Å². The molecule has 0 spiro atoms. The second kappa shape index (κ2) is 9.24. The summed E-state index contributed by atoms with van der Waals surface area (Å²) in [6, 6.07) is 6.19. The van der Waals surface area contributed by atoms with Gasteiger partial charge in [0.2, 0.25) is 0 Å². The van der Waals surface area contributed by atoms with E-state index in [1.165, 1.54) is 0 Å². The fourth-order valence-corrected chi connectivity index (χ4v) is 3.58. The number of pyridine rings is 1. The number of methoxy groups -OCH3 is 1. The lowest BCUT2D eigenvalue weighted by Gasteiger charge is -2.10. The lowest BCUT2D eigenvalue weighted by atomic mass is 10.2. The molecule has 1 aromatic carbocycles. The first-order chi connectivity index (χ1) is 12.8. The summed E-state index contributed by atoms with van der Waals surface area (Å²) < 4.78 is 13.4. The number of rotatable bonds is 10. The number of hydrogen-bond donors (Lipinski definition) is 0. The number of ether oxygens (including phenoxy) is 2. The third kappa shape index (κ3) is 4.13. The Hall–Kier alpha value is -1.79. The number of benzene rings is 1. The van der Waals surface area contributed by atoms with Crippen LogP contribution in [0.5, 0.6) is 5.75 Å². The summed E-state index contributed by atoms with van der Waals surface area (Å²) in [4.78, 5) is 9.42. The average molecular weight is 374 g/mol. The number of aromatic nitrogens is 3. The molecule has 0 aliphatic rings. The van der Waals surface area contributed by atoms with Gasteiger partial charge in [-0.2, -0.15) is 11.8 Å². The van der Waals surface area contributed by atoms with Crippen LogP contribution in [0.3, 0.4) is 0 Å². The largest absolute Gasteiger partial charge is 0.493 e. The van der Waals surface area contributed by atoms with Crippen molar-refractivity contribution in [2.45, 2.75) is 32.7 Å². The second-order valence-corrected chi connectivity index (χ2v) is 7.27. The summed E-state index contributed by atoms with van der Waals surface area (Å²) in [5.74, 6) is 3.06. The van der Waals surface area contributed by atoms with Crippen molar-refractivity contribution in [2.75, 3.05) is 32.3 Å². The Morgan fingerprint density at radius 1 is 1.19 bits per heavy atom. The molecule has 3 aromatic rings. The highest BCUT2D eigenvalue weighted by Gasteiger charge is 2.14. The van der Waals surface area contributed by atoms with Crippen LogP contribution >= 0.6 is 11.8 Å². The van der Waals surface area contributed by atoms with E-state index in [0.717, 1.165) is 71.7 Å². The van der Waals surface area contributed by atoms with Crippen molar-refractivity contribution in [2.24, 2.45) is 0 Å². The maximum Gasteiger partial charge on any atom is 0.121 e. The molecule has 0 unspecified atom stereocenters. The van der Waals surface area contributed by atoms with Crippen LogP contribution in [-0.4, -0.2) is 46.9 Å². The number of imidazole rings is 1. The van der Waals surface area contributed by atoms with Crippen LogP contribution in [-0.2, 0) is 17.7 Å². The zero-order valence-corrected chi connectivity index (χ0v) is 16.6. The average Bonchev–Trinajstić information content (AvgIpc) is 3.01. The normalized spacial score (nSPS) is 11.5. The molecule has 6 heteroatoms. The second-order valence-electron chi connectivity index (χ2n) is 6.29. The maximum atomic E-state index is 5.87.